The molecule has 0 fully saturated rings. The Balaban J connectivity index is 1.83. The van der Waals surface area contributed by atoms with Crippen molar-refractivity contribution < 1.29 is 4.79 Å². The molecule has 0 aromatic heterocycles. The first-order valence-electron chi connectivity index (χ1n) is 7.24. The molecule has 126 valence electrons. The van der Waals surface area contributed by atoms with Crippen LogP contribution in [0, 0.1) is 3.57 Å². The van der Waals surface area contributed by atoms with Crippen molar-refractivity contribution >= 4 is 62.0 Å². The van der Waals surface area contributed by atoms with Gasteiger partial charge in [-0.05, 0) is 80.5 Å². The highest BCUT2D eigenvalue weighted by Gasteiger charge is 2.03. The molecule has 2 N–H and O–H groups in total. The minimum absolute atomic E-state index is 0.168. The second-order valence-corrected chi connectivity index (χ2v) is 7.36. The van der Waals surface area contributed by atoms with E-state index in [4.69, 9.17) is 0 Å². The van der Waals surface area contributed by atoms with E-state index in [1.54, 1.807) is 6.21 Å². The summed E-state index contributed by atoms with van der Waals surface area (Å²) in [4.78, 5) is 13.8. The number of carbonyl (C=O) groups excluding carboxylic acids is 1. The molecule has 0 saturated heterocycles. The van der Waals surface area contributed by atoms with Gasteiger partial charge < -0.3 is 10.2 Å². The molecule has 0 aliphatic rings. The van der Waals surface area contributed by atoms with E-state index in [0.717, 1.165) is 25.0 Å². The molecule has 2 aromatic rings. The second kappa shape index (κ2) is 9.03. The number of nitrogens with zero attached hydrogens (tertiary/aromatic N) is 2. The van der Waals surface area contributed by atoms with E-state index >= 15 is 0 Å². The van der Waals surface area contributed by atoms with Crippen LogP contribution in [0.25, 0.3) is 0 Å². The zero-order valence-electron chi connectivity index (χ0n) is 13.4. The summed E-state index contributed by atoms with van der Waals surface area (Å²) >= 11 is 5.76. The Morgan fingerprint density at radius 1 is 1.25 bits per heavy atom. The van der Waals surface area contributed by atoms with Crippen molar-refractivity contribution in [3.63, 3.8) is 0 Å². The molecule has 1 amide bonds. The molecule has 7 heteroatoms. The molecule has 0 aliphatic heterocycles. The lowest BCUT2D eigenvalue weighted by molar-refractivity contribution is -0.119. The highest BCUT2D eigenvalue weighted by atomic mass is 127. The Morgan fingerprint density at radius 2 is 1.96 bits per heavy atom. The van der Waals surface area contributed by atoms with Gasteiger partial charge in [0.05, 0.1) is 18.4 Å². The predicted molar refractivity (Wildman–Crippen MR) is 112 cm³/mol. The summed E-state index contributed by atoms with van der Waals surface area (Å²) in [6, 6.07) is 13.7. The molecule has 0 radical (unpaired) electrons. The quantitative estimate of drug-likeness (QED) is 0.361. The van der Waals surface area contributed by atoms with Crippen LogP contribution in [0.15, 0.2) is 52.0 Å². The van der Waals surface area contributed by atoms with Gasteiger partial charge in [-0.15, -0.1) is 0 Å². The van der Waals surface area contributed by atoms with Gasteiger partial charge in [-0.25, -0.2) is 5.43 Å². The molecule has 2 aromatic carbocycles. The molecule has 0 atom stereocenters. The van der Waals surface area contributed by atoms with E-state index in [9.17, 15) is 4.79 Å². The van der Waals surface area contributed by atoms with Gasteiger partial charge in [0.15, 0.2) is 0 Å². The normalized spacial score (nSPS) is 10.7. The van der Waals surface area contributed by atoms with E-state index in [-0.39, 0.29) is 12.5 Å². The highest BCUT2D eigenvalue weighted by Crippen LogP contribution is 2.25. The van der Waals surface area contributed by atoms with Crippen molar-refractivity contribution in [3.8, 4) is 0 Å². The zero-order valence-corrected chi connectivity index (χ0v) is 17.1. The Hall–Kier alpha value is -1.61. The molecule has 0 aliphatic carbocycles. The van der Waals surface area contributed by atoms with Gasteiger partial charge >= 0.3 is 0 Å². The number of carbonyl (C=O) groups is 1. The Morgan fingerprint density at radius 3 is 2.58 bits per heavy atom. The standard InChI is InChI=1S/C17H18BrIN4O/c1-23(2)16-8-3-12(9-15(16)18)10-21-22-17(24)11-20-14-6-4-13(19)5-7-14/h3-10,20H,11H2,1-2H3,(H,22,24)/b21-10-. The molecule has 0 bridgehead atoms. The first-order valence-corrected chi connectivity index (χ1v) is 9.11. The van der Waals surface area contributed by atoms with E-state index in [0.29, 0.717) is 0 Å². The lowest BCUT2D eigenvalue weighted by Gasteiger charge is -2.14. The molecule has 0 saturated carbocycles. The highest BCUT2D eigenvalue weighted by molar-refractivity contribution is 14.1. The Bertz CT molecular complexity index is 732. The minimum Gasteiger partial charge on any atom is -0.377 e. The fraction of sp³-hybridized carbons (Fsp3) is 0.176. The van der Waals surface area contributed by atoms with Crippen LogP contribution in [0.1, 0.15) is 5.56 Å². The average Bonchev–Trinajstić information content (AvgIpc) is 2.54. The fourth-order valence-electron chi connectivity index (χ4n) is 1.93. The summed E-state index contributed by atoms with van der Waals surface area (Å²) in [7, 11) is 3.96. The monoisotopic (exact) mass is 500 g/mol. The molecular formula is C17H18BrIN4O. The maximum absolute atomic E-state index is 11.8. The number of hydrogen-bond acceptors (Lipinski definition) is 4. The van der Waals surface area contributed by atoms with Gasteiger partial charge in [0.1, 0.15) is 0 Å². The molecule has 0 heterocycles. The summed E-state index contributed by atoms with van der Waals surface area (Å²) in [5.74, 6) is -0.200. The van der Waals surface area contributed by atoms with Crippen LogP contribution in [-0.2, 0) is 4.79 Å². The topological polar surface area (TPSA) is 56.7 Å². The summed E-state index contributed by atoms with van der Waals surface area (Å²) < 4.78 is 2.13. The number of amides is 1. The fourth-order valence-corrected chi connectivity index (χ4v) is 3.05. The SMILES string of the molecule is CN(C)c1ccc(/C=N\NC(=O)CNc2ccc(I)cc2)cc1Br. The molecule has 5 nitrogen and oxygen atoms in total. The van der Waals surface area contributed by atoms with E-state index in [1.807, 2.05) is 61.5 Å². The van der Waals surface area contributed by atoms with E-state index in [1.165, 1.54) is 0 Å². The zero-order chi connectivity index (χ0) is 17.5. The van der Waals surface area contributed by atoms with Gasteiger partial charge in [-0.1, -0.05) is 6.07 Å². The van der Waals surface area contributed by atoms with Crippen molar-refractivity contribution in [3.05, 3.63) is 56.1 Å². The van der Waals surface area contributed by atoms with Gasteiger partial charge in [0.25, 0.3) is 5.91 Å². The average molecular weight is 501 g/mol. The lowest BCUT2D eigenvalue weighted by atomic mass is 10.2. The van der Waals surface area contributed by atoms with Crippen LogP contribution in [-0.4, -0.2) is 32.8 Å². The molecule has 0 spiro atoms. The van der Waals surface area contributed by atoms with E-state index in [2.05, 4.69) is 54.4 Å². The number of hydrazone groups is 1. The maximum atomic E-state index is 11.8. The van der Waals surface area contributed by atoms with Crippen molar-refractivity contribution in [2.24, 2.45) is 5.10 Å². The maximum Gasteiger partial charge on any atom is 0.259 e. The van der Waals surface area contributed by atoms with Gasteiger partial charge in [-0.2, -0.15) is 5.10 Å². The van der Waals surface area contributed by atoms with Crippen LogP contribution in [0.4, 0.5) is 11.4 Å². The largest absolute Gasteiger partial charge is 0.377 e. The van der Waals surface area contributed by atoms with Gasteiger partial charge in [-0.3, -0.25) is 4.79 Å². The molecular weight excluding hydrogens is 483 g/mol. The Labute approximate surface area is 163 Å². The van der Waals surface area contributed by atoms with Crippen LogP contribution >= 0.6 is 38.5 Å². The van der Waals surface area contributed by atoms with Crippen molar-refractivity contribution in [2.75, 3.05) is 30.9 Å². The minimum atomic E-state index is -0.200. The molecule has 24 heavy (non-hydrogen) atoms. The summed E-state index contributed by atoms with van der Waals surface area (Å²) in [5.41, 5.74) is 5.39. The number of halogens is 2. The summed E-state index contributed by atoms with van der Waals surface area (Å²) in [6.45, 7) is 0.168. The third-order valence-corrected chi connectivity index (χ3v) is 4.51. The van der Waals surface area contributed by atoms with Crippen LogP contribution in [0.5, 0.6) is 0 Å². The number of nitrogens with one attached hydrogen (secondary N) is 2. The number of hydrogen-bond donors (Lipinski definition) is 2. The summed E-state index contributed by atoms with van der Waals surface area (Å²) in [5, 5.41) is 7.03. The molecule has 2 rings (SSSR count). The third kappa shape index (κ3) is 5.79. The predicted octanol–water partition coefficient (Wildman–Crippen LogP) is 3.68. The van der Waals surface area contributed by atoms with Gasteiger partial charge in [0.2, 0.25) is 0 Å². The van der Waals surface area contributed by atoms with Gasteiger partial charge in [0, 0.05) is 27.8 Å². The lowest BCUT2D eigenvalue weighted by Crippen LogP contribution is -2.25. The number of benzene rings is 2. The van der Waals surface area contributed by atoms with E-state index < -0.39 is 0 Å². The van der Waals surface area contributed by atoms with Crippen LogP contribution < -0.4 is 15.6 Å². The first-order chi connectivity index (χ1) is 11.5. The third-order valence-electron chi connectivity index (χ3n) is 3.15. The van der Waals surface area contributed by atoms with Crippen LogP contribution in [0.3, 0.4) is 0 Å². The number of rotatable bonds is 6. The van der Waals surface area contributed by atoms with Crippen LogP contribution in [0.2, 0.25) is 0 Å². The second-order valence-electron chi connectivity index (χ2n) is 5.26. The van der Waals surface area contributed by atoms with Crippen molar-refractivity contribution in [1.82, 2.24) is 5.43 Å². The number of anilines is 2. The van der Waals surface area contributed by atoms with Crippen molar-refractivity contribution in [1.29, 1.82) is 0 Å². The smallest absolute Gasteiger partial charge is 0.259 e. The summed E-state index contributed by atoms with van der Waals surface area (Å²) in [6.07, 6.45) is 1.62. The molecule has 0 unspecified atom stereocenters. The first kappa shape index (κ1) is 18.7. The Kier molecular flexibility index (Phi) is 7.04. The van der Waals surface area contributed by atoms with Crippen molar-refractivity contribution in [2.45, 2.75) is 0 Å².